The van der Waals surface area contributed by atoms with Crippen molar-refractivity contribution in [3.8, 4) is 11.8 Å². The first kappa shape index (κ1) is 19.7. The zero-order valence-corrected chi connectivity index (χ0v) is 16.6. The standard InChI is InChI=1S/C25H22N2O3/c26-17-21(24-7-3-5-20-4-1-2-6-23(20)24)16-19-8-10-22(11-9-19)30-18-25(28)27-12-14-29-15-13-27/h1-11,16H,12-15,18H2/b21-16-. The highest BCUT2D eigenvalue weighted by atomic mass is 16.5. The van der Waals surface area contributed by atoms with E-state index < -0.39 is 0 Å². The Morgan fingerprint density at radius 2 is 1.77 bits per heavy atom. The van der Waals surface area contributed by atoms with E-state index >= 15 is 0 Å². The zero-order valence-electron chi connectivity index (χ0n) is 16.6. The van der Waals surface area contributed by atoms with E-state index in [4.69, 9.17) is 9.47 Å². The summed E-state index contributed by atoms with van der Waals surface area (Å²) in [6.45, 7) is 2.37. The third-order valence-electron chi connectivity index (χ3n) is 5.12. The number of fused-ring (bicyclic) bond motifs is 1. The molecule has 3 aromatic carbocycles. The first-order chi connectivity index (χ1) is 14.7. The van der Waals surface area contributed by atoms with Crippen molar-refractivity contribution in [2.24, 2.45) is 0 Å². The SMILES string of the molecule is N#C/C(=C/c1ccc(OCC(=O)N2CCOCC2)cc1)c1cccc2ccccc12. The van der Waals surface area contributed by atoms with Crippen molar-refractivity contribution >= 4 is 28.3 Å². The minimum absolute atomic E-state index is 0.00857. The lowest BCUT2D eigenvalue weighted by molar-refractivity contribution is -0.137. The fraction of sp³-hybridized carbons (Fsp3) is 0.200. The van der Waals surface area contributed by atoms with Crippen molar-refractivity contribution in [3.63, 3.8) is 0 Å². The topological polar surface area (TPSA) is 62.6 Å². The van der Waals surface area contributed by atoms with Crippen molar-refractivity contribution < 1.29 is 14.3 Å². The number of benzene rings is 3. The molecule has 0 bridgehead atoms. The summed E-state index contributed by atoms with van der Waals surface area (Å²) < 4.78 is 10.9. The van der Waals surface area contributed by atoms with Gasteiger partial charge in [0.2, 0.25) is 0 Å². The van der Waals surface area contributed by atoms with Gasteiger partial charge < -0.3 is 14.4 Å². The summed E-state index contributed by atoms with van der Waals surface area (Å²) in [6, 6.07) is 23.7. The molecule has 1 amide bonds. The van der Waals surface area contributed by atoms with Crippen LogP contribution in [0, 0.1) is 11.3 Å². The van der Waals surface area contributed by atoms with Gasteiger partial charge in [-0.15, -0.1) is 0 Å². The summed E-state index contributed by atoms with van der Waals surface area (Å²) >= 11 is 0. The van der Waals surface area contributed by atoms with E-state index in [0.717, 1.165) is 21.9 Å². The summed E-state index contributed by atoms with van der Waals surface area (Å²) in [6.07, 6.45) is 1.87. The van der Waals surface area contributed by atoms with Gasteiger partial charge in [-0.3, -0.25) is 4.79 Å². The molecular formula is C25H22N2O3. The predicted octanol–water partition coefficient (Wildman–Crippen LogP) is 4.14. The van der Waals surface area contributed by atoms with Gasteiger partial charge in [-0.1, -0.05) is 54.6 Å². The van der Waals surface area contributed by atoms with Crippen molar-refractivity contribution in [3.05, 3.63) is 77.9 Å². The van der Waals surface area contributed by atoms with Crippen molar-refractivity contribution in [1.29, 1.82) is 5.26 Å². The summed E-state index contributed by atoms with van der Waals surface area (Å²) in [4.78, 5) is 13.9. The minimum atomic E-state index is -0.0370. The van der Waals surface area contributed by atoms with Crippen LogP contribution < -0.4 is 4.74 Å². The summed E-state index contributed by atoms with van der Waals surface area (Å²) in [5.74, 6) is 0.586. The smallest absolute Gasteiger partial charge is 0.260 e. The third-order valence-corrected chi connectivity index (χ3v) is 5.12. The first-order valence-electron chi connectivity index (χ1n) is 9.93. The van der Waals surface area contributed by atoms with E-state index in [2.05, 4.69) is 6.07 Å². The number of allylic oxidation sites excluding steroid dienone is 1. The lowest BCUT2D eigenvalue weighted by Gasteiger charge is -2.26. The number of rotatable bonds is 5. The number of ether oxygens (including phenoxy) is 2. The van der Waals surface area contributed by atoms with Crippen molar-refractivity contribution in [1.82, 2.24) is 4.90 Å². The molecule has 0 N–H and O–H groups in total. The summed E-state index contributed by atoms with van der Waals surface area (Å²) in [5.41, 5.74) is 2.40. The van der Waals surface area contributed by atoms with Crippen LogP contribution in [-0.4, -0.2) is 43.7 Å². The Bertz CT molecular complexity index is 1100. The van der Waals surface area contributed by atoms with Crippen LogP contribution in [0.25, 0.3) is 22.4 Å². The third kappa shape index (κ3) is 4.51. The molecule has 0 aromatic heterocycles. The highest BCUT2D eigenvalue weighted by Crippen LogP contribution is 2.26. The van der Waals surface area contributed by atoms with Gasteiger partial charge in [-0.05, 0) is 34.5 Å². The van der Waals surface area contributed by atoms with E-state index in [9.17, 15) is 10.1 Å². The second-order valence-electron chi connectivity index (χ2n) is 7.05. The molecule has 1 heterocycles. The molecule has 0 radical (unpaired) electrons. The Morgan fingerprint density at radius 1 is 1.03 bits per heavy atom. The van der Waals surface area contributed by atoms with Crippen LogP contribution in [0.15, 0.2) is 66.7 Å². The van der Waals surface area contributed by atoms with Gasteiger partial charge in [0.15, 0.2) is 6.61 Å². The Morgan fingerprint density at radius 3 is 2.53 bits per heavy atom. The maximum absolute atomic E-state index is 12.2. The van der Waals surface area contributed by atoms with Crippen LogP contribution >= 0.6 is 0 Å². The number of nitriles is 1. The average Bonchev–Trinajstić information content (AvgIpc) is 2.82. The van der Waals surface area contributed by atoms with Gasteiger partial charge >= 0.3 is 0 Å². The molecule has 1 fully saturated rings. The van der Waals surface area contributed by atoms with Gasteiger partial charge in [0.25, 0.3) is 5.91 Å². The Kier molecular flexibility index (Phi) is 6.07. The Balaban J connectivity index is 1.47. The normalized spacial score (nSPS) is 14.4. The quantitative estimate of drug-likeness (QED) is 0.479. The fourth-order valence-electron chi connectivity index (χ4n) is 3.51. The van der Waals surface area contributed by atoms with Crippen LogP contribution in [0.4, 0.5) is 0 Å². The van der Waals surface area contributed by atoms with E-state index in [1.54, 1.807) is 4.90 Å². The second kappa shape index (κ2) is 9.25. The molecule has 1 aliphatic heterocycles. The van der Waals surface area contributed by atoms with Crippen LogP contribution in [0.1, 0.15) is 11.1 Å². The maximum atomic E-state index is 12.2. The van der Waals surface area contributed by atoms with Crippen LogP contribution in [0.5, 0.6) is 5.75 Å². The summed E-state index contributed by atoms with van der Waals surface area (Å²) in [5, 5.41) is 11.9. The highest BCUT2D eigenvalue weighted by Gasteiger charge is 2.17. The number of hydrogen-bond donors (Lipinski definition) is 0. The fourth-order valence-corrected chi connectivity index (χ4v) is 3.51. The molecule has 5 heteroatoms. The molecule has 1 saturated heterocycles. The number of morpholine rings is 1. The van der Waals surface area contributed by atoms with Crippen LogP contribution in [-0.2, 0) is 9.53 Å². The van der Waals surface area contributed by atoms with Gasteiger partial charge in [0.1, 0.15) is 5.75 Å². The largest absolute Gasteiger partial charge is 0.484 e. The van der Waals surface area contributed by atoms with Gasteiger partial charge in [0.05, 0.1) is 24.9 Å². The molecule has 150 valence electrons. The first-order valence-corrected chi connectivity index (χ1v) is 9.93. The molecule has 30 heavy (non-hydrogen) atoms. The lowest BCUT2D eigenvalue weighted by Crippen LogP contribution is -2.42. The minimum Gasteiger partial charge on any atom is -0.484 e. The van der Waals surface area contributed by atoms with E-state index in [0.29, 0.717) is 37.6 Å². The highest BCUT2D eigenvalue weighted by molar-refractivity contribution is 6.01. The van der Waals surface area contributed by atoms with Gasteiger partial charge in [-0.25, -0.2) is 0 Å². The predicted molar refractivity (Wildman–Crippen MR) is 117 cm³/mol. The molecule has 3 aromatic rings. The van der Waals surface area contributed by atoms with Crippen LogP contribution in [0.2, 0.25) is 0 Å². The van der Waals surface area contributed by atoms with E-state index in [1.165, 1.54) is 0 Å². The molecule has 5 nitrogen and oxygen atoms in total. The molecule has 0 spiro atoms. The Hall–Kier alpha value is -3.62. The molecule has 0 unspecified atom stereocenters. The molecule has 0 saturated carbocycles. The van der Waals surface area contributed by atoms with Crippen LogP contribution in [0.3, 0.4) is 0 Å². The lowest BCUT2D eigenvalue weighted by atomic mass is 9.97. The molecular weight excluding hydrogens is 376 g/mol. The molecule has 0 atom stereocenters. The number of nitrogens with zero attached hydrogens (tertiary/aromatic N) is 2. The summed E-state index contributed by atoms with van der Waals surface area (Å²) in [7, 11) is 0. The van der Waals surface area contributed by atoms with Crippen molar-refractivity contribution in [2.45, 2.75) is 0 Å². The average molecular weight is 398 g/mol. The van der Waals surface area contributed by atoms with E-state index in [-0.39, 0.29) is 12.5 Å². The molecule has 1 aliphatic rings. The Labute approximate surface area is 175 Å². The molecule has 4 rings (SSSR count). The van der Waals surface area contributed by atoms with Gasteiger partial charge in [0, 0.05) is 18.7 Å². The number of carbonyl (C=O) groups is 1. The zero-order chi connectivity index (χ0) is 20.8. The van der Waals surface area contributed by atoms with E-state index in [1.807, 2.05) is 72.8 Å². The molecule has 0 aliphatic carbocycles. The maximum Gasteiger partial charge on any atom is 0.260 e. The number of carbonyl (C=O) groups excluding carboxylic acids is 1. The monoisotopic (exact) mass is 398 g/mol. The van der Waals surface area contributed by atoms with Crippen molar-refractivity contribution in [2.75, 3.05) is 32.9 Å². The number of amides is 1. The number of hydrogen-bond acceptors (Lipinski definition) is 4. The second-order valence-corrected chi connectivity index (χ2v) is 7.05. The van der Waals surface area contributed by atoms with Gasteiger partial charge in [-0.2, -0.15) is 5.26 Å².